The quantitative estimate of drug-likeness (QED) is 0.532. The van der Waals surface area contributed by atoms with Gasteiger partial charge in [-0.3, -0.25) is 4.79 Å². The molecule has 0 unspecified atom stereocenters. The highest BCUT2D eigenvalue weighted by Gasteiger charge is 2.12. The van der Waals surface area contributed by atoms with Crippen molar-refractivity contribution in [2.24, 2.45) is 0 Å². The van der Waals surface area contributed by atoms with E-state index in [-0.39, 0.29) is 12.3 Å². The van der Waals surface area contributed by atoms with E-state index in [0.29, 0.717) is 24.7 Å². The Labute approximate surface area is 162 Å². The number of unbranched alkanes of at least 4 members (excludes halogenated alkanes) is 1. The Kier molecular flexibility index (Phi) is 6.59. The monoisotopic (exact) mass is 385 g/mol. The van der Waals surface area contributed by atoms with E-state index in [1.807, 2.05) is 42.6 Å². The summed E-state index contributed by atoms with van der Waals surface area (Å²) in [7, 11) is 0. The van der Waals surface area contributed by atoms with E-state index >= 15 is 0 Å². The van der Waals surface area contributed by atoms with Gasteiger partial charge >= 0.3 is 0 Å². The Morgan fingerprint density at radius 1 is 1.33 bits per heavy atom. The summed E-state index contributed by atoms with van der Waals surface area (Å²) in [5.74, 6) is 1.76. The Morgan fingerprint density at radius 3 is 2.96 bits per heavy atom. The van der Waals surface area contributed by atoms with Crippen LogP contribution >= 0.6 is 11.3 Å². The fourth-order valence-corrected chi connectivity index (χ4v) is 3.15. The van der Waals surface area contributed by atoms with Crippen molar-refractivity contribution in [2.75, 3.05) is 11.9 Å². The van der Waals surface area contributed by atoms with Crippen LogP contribution in [0.2, 0.25) is 0 Å². The SMILES string of the molecule is CCCCOc1ccc(NC(=O)CCc2nc(-c3cccs3)no2)c(C)c1. The third-order valence-corrected chi connectivity index (χ3v) is 4.88. The lowest BCUT2D eigenvalue weighted by Gasteiger charge is -2.11. The minimum atomic E-state index is -0.0892. The number of benzene rings is 1. The van der Waals surface area contributed by atoms with Gasteiger partial charge in [-0.05, 0) is 48.6 Å². The Bertz CT molecular complexity index is 874. The fraction of sp³-hybridized carbons (Fsp3) is 0.350. The maximum atomic E-state index is 12.2. The van der Waals surface area contributed by atoms with Gasteiger partial charge in [-0.1, -0.05) is 24.6 Å². The molecular weight excluding hydrogens is 362 g/mol. The highest BCUT2D eigenvalue weighted by molar-refractivity contribution is 7.13. The third kappa shape index (κ3) is 5.40. The van der Waals surface area contributed by atoms with E-state index in [0.717, 1.165) is 34.7 Å². The van der Waals surface area contributed by atoms with Gasteiger partial charge < -0.3 is 14.6 Å². The smallest absolute Gasteiger partial charge is 0.227 e. The van der Waals surface area contributed by atoms with Crippen molar-refractivity contribution >= 4 is 22.9 Å². The summed E-state index contributed by atoms with van der Waals surface area (Å²) in [5.41, 5.74) is 1.75. The summed E-state index contributed by atoms with van der Waals surface area (Å²) in [4.78, 5) is 17.5. The molecule has 1 N–H and O–H groups in total. The number of hydrogen-bond donors (Lipinski definition) is 1. The summed E-state index contributed by atoms with van der Waals surface area (Å²) in [5, 5.41) is 8.84. The van der Waals surface area contributed by atoms with Gasteiger partial charge in [0.05, 0.1) is 11.5 Å². The van der Waals surface area contributed by atoms with E-state index in [9.17, 15) is 4.79 Å². The highest BCUT2D eigenvalue weighted by Crippen LogP contribution is 2.23. The number of anilines is 1. The van der Waals surface area contributed by atoms with E-state index in [1.54, 1.807) is 11.3 Å². The molecule has 2 aromatic heterocycles. The molecule has 1 aromatic carbocycles. The zero-order chi connectivity index (χ0) is 19.1. The van der Waals surface area contributed by atoms with Crippen LogP contribution in [0.4, 0.5) is 5.69 Å². The lowest BCUT2D eigenvalue weighted by atomic mass is 10.2. The average molecular weight is 385 g/mol. The van der Waals surface area contributed by atoms with E-state index in [1.165, 1.54) is 0 Å². The van der Waals surface area contributed by atoms with E-state index < -0.39 is 0 Å². The molecule has 2 heterocycles. The fourth-order valence-electron chi connectivity index (χ4n) is 2.50. The molecule has 0 saturated carbocycles. The van der Waals surface area contributed by atoms with Gasteiger partial charge in [-0.15, -0.1) is 11.3 Å². The van der Waals surface area contributed by atoms with Crippen molar-refractivity contribution in [3.05, 3.63) is 47.2 Å². The number of carbonyl (C=O) groups is 1. The van der Waals surface area contributed by atoms with Gasteiger partial charge in [0.25, 0.3) is 0 Å². The number of amides is 1. The van der Waals surface area contributed by atoms with Gasteiger partial charge in [-0.2, -0.15) is 4.98 Å². The predicted octanol–water partition coefficient (Wildman–Crippen LogP) is 4.86. The van der Waals surface area contributed by atoms with Crippen LogP contribution in [0.1, 0.15) is 37.6 Å². The Hall–Kier alpha value is -2.67. The molecular formula is C20H23N3O3S. The zero-order valence-electron chi connectivity index (χ0n) is 15.5. The number of thiophene rings is 1. The number of hydrogen-bond acceptors (Lipinski definition) is 6. The van der Waals surface area contributed by atoms with Crippen molar-refractivity contribution in [3.63, 3.8) is 0 Å². The number of aryl methyl sites for hydroxylation is 2. The number of carbonyl (C=O) groups excluding carboxylic acids is 1. The van der Waals surface area contributed by atoms with Crippen molar-refractivity contribution in [2.45, 2.75) is 39.5 Å². The lowest BCUT2D eigenvalue weighted by Crippen LogP contribution is -2.13. The molecule has 0 spiro atoms. The number of rotatable bonds is 9. The number of ether oxygens (including phenoxy) is 1. The van der Waals surface area contributed by atoms with Crippen molar-refractivity contribution in [1.82, 2.24) is 10.1 Å². The summed E-state index contributed by atoms with van der Waals surface area (Å²) < 4.78 is 10.9. The molecule has 0 aliphatic carbocycles. The van der Waals surface area contributed by atoms with Crippen LogP contribution in [0.25, 0.3) is 10.7 Å². The molecule has 0 aliphatic rings. The first-order valence-corrected chi connectivity index (χ1v) is 9.93. The van der Waals surface area contributed by atoms with Gasteiger partial charge in [0, 0.05) is 18.5 Å². The first-order chi connectivity index (χ1) is 13.2. The number of aromatic nitrogens is 2. The molecule has 0 saturated heterocycles. The second kappa shape index (κ2) is 9.32. The Morgan fingerprint density at radius 2 is 2.22 bits per heavy atom. The third-order valence-electron chi connectivity index (χ3n) is 4.01. The van der Waals surface area contributed by atoms with Crippen molar-refractivity contribution in [1.29, 1.82) is 0 Å². The molecule has 6 nitrogen and oxygen atoms in total. The minimum Gasteiger partial charge on any atom is -0.494 e. The second-order valence-corrected chi connectivity index (χ2v) is 7.16. The van der Waals surface area contributed by atoms with Crippen LogP contribution in [0.5, 0.6) is 5.75 Å². The molecule has 0 bridgehead atoms. The minimum absolute atomic E-state index is 0.0892. The summed E-state index contributed by atoms with van der Waals surface area (Å²) in [6.07, 6.45) is 2.81. The molecule has 0 atom stereocenters. The topological polar surface area (TPSA) is 77.2 Å². The zero-order valence-corrected chi connectivity index (χ0v) is 16.3. The molecule has 0 fully saturated rings. The molecule has 142 valence electrons. The normalized spacial score (nSPS) is 10.7. The Balaban J connectivity index is 1.50. The maximum Gasteiger partial charge on any atom is 0.227 e. The standard InChI is InChI=1S/C20H23N3O3S/c1-3-4-11-25-15-7-8-16(14(2)13-15)21-18(24)9-10-19-22-20(23-26-19)17-6-5-12-27-17/h5-8,12-13H,3-4,9-11H2,1-2H3,(H,21,24). The first-order valence-electron chi connectivity index (χ1n) is 9.05. The summed E-state index contributed by atoms with van der Waals surface area (Å²) >= 11 is 1.55. The van der Waals surface area contributed by atoms with Gasteiger partial charge in [0.1, 0.15) is 5.75 Å². The van der Waals surface area contributed by atoms with Crippen molar-refractivity contribution in [3.8, 4) is 16.5 Å². The lowest BCUT2D eigenvalue weighted by molar-refractivity contribution is -0.116. The highest BCUT2D eigenvalue weighted by atomic mass is 32.1. The predicted molar refractivity (Wildman–Crippen MR) is 106 cm³/mol. The van der Waals surface area contributed by atoms with Crippen LogP contribution in [-0.2, 0) is 11.2 Å². The molecule has 7 heteroatoms. The van der Waals surface area contributed by atoms with Gasteiger partial charge in [-0.25, -0.2) is 0 Å². The second-order valence-electron chi connectivity index (χ2n) is 6.22. The molecule has 0 aliphatic heterocycles. The van der Waals surface area contributed by atoms with Gasteiger partial charge in [0.15, 0.2) is 0 Å². The summed E-state index contributed by atoms with van der Waals surface area (Å²) in [6, 6.07) is 9.56. The van der Waals surface area contributed by atoms with E-state index in [4.69, 9.17) is 9.26 Å². The van der Waals surface area contributed by atoms with E-state index in [2.05, 4.69) is 22.4 Å². The maximum absolute atomic E-state index is 12.2. The molecule has 27 heavy (non-hydrogen) atoms. The van der Waals surface area contributed by atoms with Crippen molar-refractivity contribution < 1.29 is 14.1 Å². The van der Waals surface area contributed by atoms with Gasteiger partial charge in [0.2, 0.25) is 17.6 Å². The number of nitrogens with one attached hydrogen (secondary N) is 1. The van der Waals surface area contributed by atoms with Crippen LogP contribution < -0.4 is 10.1 Å². The van der Waals surface area contributed by atoms with Crippen LogP contribution in [0, 0.1) is 6.92 Å². The first kappa shape index (κ1) is 19.1. The molecule has 3 rings (SSSR count). The average Bonchev–Trinajstić information content (AvgIpc) is 3.34. The molecule has 0 radical (unpaired) electrons. The van der Waals surface area contributed by atoms with Crippen LogP contribution in [-0.4, -0.2) is 22.7 Å². The van der Waals surface area contributed by atoms with Crippen LogP contribution in [0.15, 0.2) is 40.2 Å². The molecule has 3 aromatic rings. The molecule has 1 amide bonds. The van der Waals surface area contributed by atoms with Crippen LogP contribution in [0.3, 0.4) is 0 Å². The number of nitrogens with zero attached hydrogens (tertiary/aromatic N) is 2. The summed E-state index contributed by atoms with van der Waals surface area (Å²) in [6.45, 7) is 4.79. The largest absolute Gasteiger partial charge is 0.494 e.